The largest absolute Gasteiger partial charge is 0.369 e. The molecule has 2 N–H and O–H groups in total. The number of anilines is 1. The van der Waals surface area contributed by atoms with Gasteiger partial charge in [0, 0.05) is 19.1 Å². The quantitative estimate of drug-likeness (QED) is 0.905. The molecule has 1 aromatic carbocycles. The summed E-state index contributed by atoms with van der Waals surface area (Å²) in [7, 11) is 0. The summed E-state index contributed by atoms with van der Waals surface area (Å²) in [6.07, 6.45) is 1.67. The molecule has 0 bridgehead atoms. The molecule has 3 unspecified atom stereocenters. The van der Waals surface area contributed by atoms with E-state index in [9.17, 15) is 4.39 Å². The van der Waals surface area contributed by atoms with Crippen LogP contribution in [0.25, 0.3) is 0 Å². The van der Waals surface area contributed by atoms with Crippen molar-refractivity contribution in [1.29, 1.82) is 0 Å². The van der Waals surface area contributed by atoms with Crippen LogP contribution in [0.15, 0.2) is 18.2 Å². The van der Waals surface area contributed by atoms with Gasteiger partial charge in [0.15, 0.2) is 0 Å². The van der Waals surface area contributed by atoms with Gasteiger partial charge in [0.25, 0.3) is 0 Å². The first-order chi connectivity index (χ1) is 9.01. The number of hydrogen-bond acceptors (Lipinski definition) is 2. The van der Waals surface area contributed by atoms with Gasteiger partial charge in [0.1, 0.15) is 5.82 Å². The normalized spacial score (nSPS) is 24.8. The molecule has 3 heteroatoms. The van der Waals surface area contributed by atoms with Crippen LogP contribution >= 0.6 is 0 Å². The van der Waals surface area contributed by atoms with E-state index in [-0.39, 0.29) is 11.9 Å². The van der Waals surface area contributed by atoms with Crippen molar-refractivity contribution in [3.05, 3.63) is 29.6 Å². The fraction of sp³-hybridized carbons (Fsp3) is 0.625. The average Bonchev–Trinajstić information content (AvgIpc) is 2.69. The Bertz CT molecular complexity index is 423. The molecule has 19 heavy (non-hydrogen) atoms. The maximum atomic E-state index is 14.2. The third-order valence-corrected chi connectivity index (χ3v) is 4.36. The number of benzene rings is 1. The standard InChI is InChI=1S/C16H25FN2/c1-4-14(18)7-13-5-6-16(15(17)8-13)19-9-11(2)12(3)10-19/h5-6,8,11-12,14H,4,7,9-10,18H2,1-3H3. The molecule has 1 saturated heterocycles. The van der Waals surface area contributed by atoms with Crippen molar-refractivity contribution in [2.75, 3.05) is 18.0 Å². The van der Waals surface area contributed by atoms with E-state index >= 15 is 0 Å². The first kappa shape index (κ1) is 14.3. The van der Waals surface area contributed by atoms with Crippen LogP contribution in [0, 0.1) is 17.7 Å². The highest BCUT2D eigenvalue weighted by atomic mass is 19.1. The molecule has 0 radical (unpaired) electrons. The summed E-state index contributed by atoms with van der Waals surface area (Å²) < 4.78 is 14.2. The first-order valence-corrected chi connectivity index (χ1v) is 7.30. The van der Waals surface area contributed by atoms with E-state index < -0.39 is 0 Å². The Morgan fingerprint density at radius 3 is 2.47 bits per heavy atom. The van der Waals surface area contributed by atoms with Crippen LogP contribution in [0.1, 0.15) is 32.8 Å². The van der Waals surface area contributed by atoms with E-state index in [0.29, 0.717) is 11.8 Å². The smallest absolute Gasteiger partial charge is 0.146 e. The Morgan fingerprint density at radius 1 is 1.32 bits per heavy atom. The van der Waals surface area contributed by atoms with Gasteiger partial charge in [-0.15, -0.1) is 0 Å². The second-order valence-electron chi connectivity index (χ2n) is 6.02. The fourth-order valence-corrected chi connectivity index (χ4v) is 2.71. The van der Waals surface area contributed by atoms with Crippen molar-refractivity contribution < 1.29 is 4.39 Å². The van der Waals surface area contributed by atoms with Gasteiger partial charge < -0.3 is 10.6 Å². The zero-order valence-corrected chi connectivity index (χ0v) is 12.2. The summed E-state index contributed by atoms with van der Waals surface area (Å²) >= 11 is 0. The Balaban J connectivity index is 2.11. The molecule has 1 aliphatic rings. The molecule has 2 rings (SSSR count). The molecular weight excluding hydrogens is 239 g/mol. The molecule has 0 saturated carbocycles. The van der Waals surface area contributed by atoms with Gasteiger partial charge in [-0.3, -0.25) is 0 Å². The highest BCUT2D eigenvalue weighted by molar-refractivity contribution is 5.50. The zero-order chi connectivity index (χ0) is 14.0. The SMILES string of the molecule is CCC(N)Cc1ccc(N2CC(C)C(C)C2)c(F)c1. The average molecular weight is 264 g/mol. The third-order valence-electron chi connectivity index (χ3n) is 4.36. The molecule has 0 spiro atoms. The molecular formula is C16H25FN2. The summed E-state index contributed by atoms with van der Waals surface area (Å²) in [5, 5.41) is 0. The van der Waals surface area contributed by atoms with E-state index in [4.69, 9.17) is 5.73 Å². The molecule has 1 aromatic rings. The van der Waals surface area contributed by atoms with Crippen LogP contribution in [0.5, 0.6) is 0 Å². The van der Waals surface area contributed by atoms with Gasteiger partial charge >= 0.3 is 0 Å². The van der Waals surface area contributed by atoms with E-state index in [1.165, 1.54) is 0 Å². The van der Waals surface area contributed by atoms with Gasteiger partial charge in [-0.2, -0.15) is 0 Å². The molecule has 3 atom stereocenters. The van der Waals surface area contributed by atoms with Crippen LogP contribution in [-0.4, -0.2) is 19.1 Å². The minimum absolute atomic E-state index is 0.109. The number of halogens is 1. The summed E-state index contributed by atoms with van der Waals surface area (Å²) in [6, 6.07) is 5.70. The van der Waals surface area contributed by atoms with Gasteiger partial charge in [-0.05, 0) is 42.4 Å². The third kappa shape index (κ3) is 3.27. The maximum Gasteiger partial charge on any atom is 0.146 e. The molecule has 1 fully saturated rings. The number of nitrogens with zero attached hydrogens (tertiary/aromatic N) is 1. The Morgan fingerprint density at radius 2 is 1.95 bits per heavy atom. The van der Waals surface area contributed by atoms with Crippen molar-refractivity contribution in [3.8, 4) is 0 Å². The van der Waals surface area contributed by atoms with Crippen LogP contribution in [-0.2, 0) is 6.42 Å². The number of rotatable bonds is 4. The minimum atomic E-state index is -0.109. The molecule has 0 aromatic heterocycles. The molecule has 1 aliphatic heterocycles. The lowest BCUT2D eigenvalue weighted by Gasteiger charge is -2.20. The van der Waals surface area contributed by atoms with E-state index in [0.717, 1.165) is 37.2 Å². The molecule has 1 heterocycles. The van der Waals surface area contributed by atoms with Crippen molar-refractivity contribution in [2.24, 2.45) is 17.6 Å². The number of hydrogen-bond donors (Lipinski definition) is 1. The Hall–Kier alpha value is -1.09. The molecule has 106 valence electrons. The summed E-state index contributed by atoms with van der Waals surface area (Å²) in [6.45, 7) is 8.43. The maximum absolute atomic E-state index is 14.2. The topological polar surface area (TPSA) is 29.3 Å². The summed E-state index contributed by atoms with van der Waals surface area (Å²) in [5.41, 5.74) is 7.66. The van der Waals surface area contributed by atoms with Gasteiger partial charge in [0.05, 0.1) is 5.69 Å². The highest BCUT2D eigenvalue weighted by Crippen LogP contribution is 2.30. The van der Waals surface area contributed by atoms with Crippen molar-refractivity contribution in [3.63, 3.8) is 0 Å². The van der Waals surface area contributed by atoms with Crippen LogP contribution < -0.4 is 10.6 Å². The van der Waals surface area contributed by atoms with E-state index in [1.807, 2.05) is 12.1 Å². The summed E-state index contributed by atoms with van der Waals surface area (Å²) in [5.74, 6) is 1.15. The fourth-order valence-electron chi connectivity index (χ4n) is 2.71. The lowest BCUT2D eigenvalue weighted by Crippen LogP contribution is -2.22. The number of nitrogens with two attached hydrogens (primary N) is 1. The van der Waals surface area contributed by atoms with Crippen LogP contribution in [0.2, 0.25) is 0 Å². The highest BCUT2D eigenvalue weighted by Gasteiger charge is 2.27. The Labute approximate surface area is 115 Å². The Kier molecular flexibility index (Phi) is 4.46. The van der Waals surface area contributed by atoms with Crippen molar-refractivity contribution in [2.45, 2.75) is 39.7 Å². The van der Waals surface area contributed by atoms with Gasteiger partial charge in [-0.1, -0.05) is 26.8 Å². The monoisotopic (exact) mass is 264 g/mol. The van der Waals surface area contributed by atoms with Crippen LogP contribution in [0.3, 0.4) is 0 Å². The minimum Gasteiger partial charge on any atom is -0.369 e. The lowest BCUT2D eigenvalue weighted by molar-refractivity contribution is 0.494. The molecule has 0 amide bonds. The zero-order valence-electron chi connectivity index (χ0n) is 12.2. The van der Waals surface area contributed by atoms with Crippen LogP contribution in [0.4, 0.5) is 10.1 Å². The lowest BCUT2D eigenvalue weighted by atomic mass is 10.0. The van der Waals surface area contributed by atoms with Crippen molar-refractivity contribution >= 4 is 5.69 Å². The van der Waals surface area contributed by atoms with Gasteiger partial charge in [0.2, 0.25) is 0 Å². The van der Waals surface area contributed by atoms with E-state index in [1.54, 1.807) is 6.07 Å². The predicted octanol–water partition coefficient (Wildman–Crippen LogP) is 3.20. The summed E-state index contributed by atoms with van der Waals surface area (Å²) in [4.78, 5) is 2.16. The molecule has 0 aliphatic carbocycles. The van der Waals surface area contributed by atoms with Gasteiger partial charge in [-0.25, -0.2) is 4.39 Å². The molecule has 2 nitrogen and oxygen atoms in total. The predicted molar refractivity (Wildman–Crippen MR) is 78.9 cm³/mol. The van der Waals surface area contributed by atoms with Crippen molar-refractivity contribution in [1.82, 2.24) is 0 Å². The van der Waals surface area contributed by atoms with E-state index in [2.05, 4.69) is 25.7 Å². The second kappa shape index (κ2) is 5.91. The second-order valence-corrected chi connectivity index (χ2v) is 6.02. The first-order valence-electron chi connectivity index (χ1n) is 7.30.